The van der Waals surface area contributed by atoms with Crippen molar-refractivity contribution in [1.82, 2.24) is 0 Å². The second-order valence-electron chi connectivity index (χ2n) is 8.02. The summed E-state index contributed by atoms with van der Waals surface area (Å²) in [4.78, 5) is 12.3. The number of hydrogen-bond donors (Lipinski definition) is 1. The Balaban J connectivity index is 1.87. The molecule has 0 aliphatic carbocycles. The summed E-state index contributed by atoms with van der Waals surface area (Å²) in [6, 6.07) is 15.6. The van der Waals surface area contributed by atoms with E-state index < -0.39 is 0 Å². The molecule has 0 aromatic heterocycles. The Morgan fingerprint density at radius 3 is 2.17 bits per heavy atom. The van der Waals surface area contributed by atoms with Gasteiger partial charge in [-0.2, -0.15) is 0 Å². The molecule has 3 nitrogen and oxygen atoms in total. The van der Waals surface area contributed by atoms with E-state index in [0.29, 0.717) is 17.4 Å². The minimum atomic E-state index is -0.325. The Kier molecular flexibility index (Phi) is 9.76. The summed E-state index contributed by atoms with van der Waals surface area (Å²) < 4.78 is 5.45. The minimum absolute atomic E-state index is 0.325. The third-order valence-corrected chi connectivity index (χ3v) is 5.68. The maximum atomic E-state index is 12.3. The van der Waals surface area contributed by atoms with Gasteiger partial charge in [0.2, 0.25) is 0 Å². The van der Waals surface area contributed by atoms with Crippen LogP contribution in [0.25, 0.3) is 0 Å². The van der Waals surface area contributed by atoms with Crippen LogP contribution in [0.5, 0.6) is 5.75 Å². The van der Waals surface area contributed by atoms with E-state index in [4.69, 9.17) is 4.74 Å². The quantitative estimate of drug-likeness (QED) is 0.300. The zero-order valence-corrected chi connectivity index (χ0v) is 18.5. The summed E-state index contributed by atoms with van der Waals surface area (Å²) >= 11 is 0. The van der Waals surface area contributed by atoms with Crippen molar-refractivity contribution in [3.8, 4) is 5.75 Å². The molecule has 2 atom stereocenters. The summed E-state index contributed by atoms with van der Waals surface area (Å²) in [6.45, 7) is 8.82. The maximum Gasteiger partial charge on any atom is 0.343 e. The Morgan fingerprint density at radius 2 is 1.59 bits per heavy atom. The molecule has 0 amide bonds. The highest BCUT2D eigenvalue weighted by molar-refractivity contribution is 5.91. The highest BCUT2D eigenvalue weighted by Crippen LogP contribution is 2.22. The van der Waals surface area contributed by atoms with Crippen LogP contribution >= 0.6 is 0 Å². The molecule has 0 saturated carbocycles. The van der Waals surface area contributed by atoms with Crippen molar-refractivity contribution in [2.75, 3.05) is 5.32 Å². The van der Waals surface area contributed by atoms with Gasteiger partial charge in [-0.3, -0.25) is 0 Å². The van der Waals surface area contributed by atoms with Crippen LogP contribution < -0.4 is 10.1 Å². The van der Waals surface area contributed by atoms with E-state index in [1.54, 1.807) is 0 Å². The van der Waals surface area contributed by atoms with Gasteiger partial charge in [-0.05, 0) is 68.5 Å². The molecule has 3 heteroatoms. The number of nitrogens with one attached hydrogen (secondary N) is 1. The van der Waals surface area contributed by atoms with E-state index in [0.717, 1.165) is 23.6 Å². The lowest BCUT2D eigenvalue weighted by Gasteiger charge is -2.22. The molecule has 0 saturated heterocycles. The zero-order chi connectivity index (χ0) is 21.1. The number of esters is 1. The highest BCUT2D eigenvalue weighted by Gasteiger charge is 2.13. The minimum Gasteiger partial charge on any atom is -0.423 e. The molecule has 1 N–H and O–H groups in total. The average molecular weight is 396 g/mol. The molecule has 2 aromatic carbocycles. The fourth-order valence-corrected chi connectivity index (χ4v) is 3.57. The standard InChI is InChI=1S/C26H37NO2/c1-5-8-9-21(6-2)12-15-23(7-3)27-24-16-13-22(14-17-24)26(28)29-25-18-10-20(4)11-19-25/h10-11,13-14,16-19,21,23,27H,5-9,12,15H2,1-4H3. The van der Waals surface area contributed by atoms with Gasteiger partial charge < -0.3 is 10.1 Å². The lowest BCUT2D eigenvalue weighted by atomic mass is 9.92. The van der Waals surface area contributed by atoms with Gasteiger partial charge >= 0.3 is 5.97 Å². The van der Waals surface area contributed by atoms with Gasteiger partial charge in [0.25, 0.3) is 0 Å². The molecular weight excluding hydrogens is 358 g/mol. The van der Waals surface area contributed by atoms with Crippen LogP contribution in [0, 0.1) is 12.8 Å². The van der Waals surface area contributed by atoms with Crippen LogP contribution in [-0.2, 0) is 0 Å². The molecule has 0 radical (unpaired) electrons. The predicted octanol–water partition coefficient (Wildman–Crippen LogP) is 7.40. The number of benzene rings is 2. The van der Waals surface area contributed by atoms with Crippen molar-refractivity contribution in [2.24, 2.45) is 5.92 Å². The fourth-order valence-electron chi connectivity index (χ4n) is 3.57. The third kappa shape index (κ3) is 7.92. The normalized spacial score (nSPS) is 13.0. The first-order valence-corrected chi connectivity index (χ1v) is 11.2. The first-order valence-electron chi connectivity index (χ1n) is 11.2. The number of carbonyl (C=O) groups is 1. The van der Waals surface area contributed by atoms with Gasteiger partial charge in [-0.1, -0.05) is 64.2 Å². The number of rotatable bonds is 12. The van der Waals surface area contributed by atoms with E-state index >= 15 is 0 Å². The largest absolute Gasteiger partial charge is 0.423 e. The molecule has 0 spiro atoms. The maximum absolute atomic E-state index is 12.3. The van der Waals surface area contributed by atoms with Gasteiger partial charge in [0, 0.05) is 11.7 Å². The van der Waals surface area contributed by atoms with E-state index in [2.05, 4.69) is 26.1 Å². The molecule has 29 heavy (non-hydrogen) atoms. The first-order chi connectivity index (χ1) is 14.0. The van der Waals surface area contributed by atoms with Crippen LogP contribution in [0.2, 0.25) is 0 Å². The van der Waals surface area contributed by atoms with Gasteiger partial charge in [-0.25, -0.2) is 4.79 Å². The second-order valence-corrected chi connectivity index (χ2v) is 8.02. The Morgan fingerprint density at radius 1 is 0.897 bits per heavy atom. The van der Waals surface area contributed by atoms with Crippen molar-refractivity contribution in [1.29, 1.82) is 0 Å². The van der Waals surface area contributed by atoms with Crippen LogP contribution in [0.15, 0.2) is 48.5 Å². The van der Waals surface area contributed by atoms with E-state index in [1.165, 1.54) is 38.5 Å². The molecule has 2 aromatic rings. The number of ether oxygens (including phenoxy) is 1. The van der Waals surface area contributed by atoms with Crippen LogP contribution in [0.4, 0.5) is 5.69 Å². The van der Waals surface area contributed by atoms with Crippen molar-refractivity contribution < 1.29 is 9.53 Å². The fraction of sp³-hybridized carbons (Fsp3) is 0.500. The van der Waals surface area contributed by atoms with E-state index in [9.17, 15) is 4.79 Å². The zero-order valence-electron chi connectivity index (χ0n) is 18.5. The summed E-state index contributed by atoms with van der Waals surface area (Å²) in [7, 11) is 0. The van der Waals surface area contributed by atoms with Crippen LogP contribution in [0.1, 0.15) is 81.6 Å². The predicted molar refractivity (Wildman–Crippen MR) is 123 cm³/mol. The summed E-state index contributed by atoms with van der Waals surface area (Å²) in [6.07, 6.45) is 8.81. The molecule has 0 fully saturated rings. The van der Waals surface area contributed by atoms with Gasteiger partial charge in [0.1, 0.15) is 5.75 Å². The third-order valence-electron chi connectivity index (χ3n) is 5.68. The van der Waals surface area contributed by atoms with E-state index in [1.807, 2.05) is 55.5 Å². The smallest absolute Gasteiger partial charge is 0.343 e. The van der Waals surface area contributed by atoms with Crippen molar-refractivity contribution in [2.45, 2.75) is 78.7 Å². The molecule has 158 valence electrons. The number of aryl methyl sites for hydroxylation is 1. The van der Waals surface area contributed by atoms with Crippen molar-refractivity contribution in [3.05, 3.63) is 59.7 Å². The molecule has 0 aliphatic heterocycles. The van der Waals surface area contributed by atoms with Crippen molar-refractivity contribution in [3.63, 3.8) is 0 Å². The van der Waals surface area contributed by atoms with Gasteiger partial charge in [0.15, 0.2) is 0 Å². The van der Waals surface area contributed by atoms with Crippen molar-refractivity contribution >= 4 is 11.7 Å². The average Bonchev–Trinajstić information content (AvgIpc) is 2.75. The monoisotopic (exact) mass is 395 g/mol. The molecule has 0 bridgehead atoms. The molecule has 0 aliphatic rings. The van der Waals surface area contributed by atoms with Gasteiger partial charge in [0.05, 0.1) is 5.56 Å². The molecule has 2 rings (SSSR count). The second kappa shape index (κ2) is 12.3. The lowest BCUT2D eigenvalue weighted by molar-refractivity contribution is 0.0735. The topological polar surface area (TPSA) is 38.3 Å². The number of carbonyl (C=O) groups excluding carboxylic acids is 1. The SMILES string of the molecule is CCCCC(CC)CCC(CC)Nc1ccc(C(=O)Oc2ccc(C)cc2)cc1. The Hall–Kier alpha value is -2.29. The van der Waals surface area contributed by atoms with Crippen LogP contribution in [-0.4, -0.2) is 12.0 Å². The summed E-state index contributed by atoms with van der Waals surface area (Å²) in [5.74, 6) is 1.08. The highest BCUT2D eigenvalue weighted by atomic mass is 16.5. The van der Waals surface area contributed by atoms with Gasteiger partial charge in [-0.15, -0.1) is 0 Å². The number of hydrogen-bond acceptors (Lipinski definition) is 3. The number of unbranched alkanes of at least 4 members (excludes halogenated alkanes) is 1. The Bertz CT molecular complexity index is 721. The Labute approximate surface area is 176 Å². The molecular formula is C26H37NO2. The summed E-state index contributed by atoms with van der Waals surface area (Å²) in [5.41, 5.74) is 2.77. The lowest BCUT2D eigenvalue weighted by Crippen LogP contribution is -2.20. The summed E-state index contributed by atoms with van der Waals surface area (Å²) in [5, 5.41) is 3.63. The number of anilines is 1. The van der Waals surface area contributed by atoms with Crippen LogP contribution in [0.3, 0.4) is 0 Å². The molecule has 0 heterocycles. The first kappa shape index (κ1) is 23.0. The van der Waals surface area contributed by atoms with E-state index in [-0.39, 0.29) is 5.97 Å². The molecule has 2 unspecified atom stereocenters.